The Labute approximate surface area is 215 Å². The van der Waals surface area contributed by atoms with E-state index in [1.165, 1.54) is 19.8 Å². The molecular formula is C28H26N6O3. The van der Waals surface area contributed by atoms with Gasteiger partial charge in [0.25, 0.3) is 0 Å². The molecular weight excluding hydrogens is 468 g/mol. The third-order valence-electron chi connectivity index (χ3n) is 6.64. The van der Waals surface area contributed by atoms with Crippen LogP contribution in [0.2, 0.25) is 0 Å². The number of hydrogen-bond acceptors (Lipinski definition) is 9. The topological polar surface area (TPSA) is 133 Å². The molecule has 1 fully saturated rings. The summed E-state index contributed by atoms with van der Waals surface area (Å²) in [5.41, 5.74) is 4.13. The maximum atomic E-state index is 11.4. The molecule has 37 heavy (non-hydrogen) atoms. The van der Waals surface area contributed by atoms with Gasteiger partial charge in [-0.2, -0.15) is 10.5 Å². The average molecular weight is 495 g/mol. The lowest BCUT2D eigenvalue weighted by molar-refractivity contribution is -0.142. The second-order valence-electron chi connectivity index (χ2n) is 9.72. The summed E-state index contributed by atoms with van der Waals surface area (Å²) >= 11 is 0. The van der Waals surface area contributed by atoms with Crippen molar-refractivity contribution in [1.29, 1.82) is 10.5 Å². The van der Waals surface area contributed by atoms with Gasteiger partial charge in [-0.1, -0.05) is 6.92 Å². The molecule has 1 atom stereocenters. The predicted molar refractivity (Wildman–Crippen MR) is 137 cm³/mol. The largest absolute Gasteiger partial charge is 0.491 e. The second-order valence-corrected chi connectivity index (χ2v) is 9.72. The molecule has 0 radical (unpaired) electrons. The van der Waals surface area contributed by atoms with E-state index >= 15 is 0 Å². The number of nitrogens with zero attached hydrogens (tertiary/aromatic N) is 4. The monoisotopic (exact) mass is 494 g/mol. The summed E-state index contributed by atoms with van der Waals surface area (Å²) in [6.07, 6.45) is 3.98. The Morgan fingerprint density at radius 1 is 1.22 bits per heavy atom. The van der Waals surface area contributed by atoms with Gasteiger partial charge in [0.05, 0.1) is 40.9 Å². The molecule has 0 saturated heterocycles. The smallest absolute Gasteiger partial charge is 0.302 e. The lowest BCUT2D eigenvalue weighted by atomic mass is 9.83. The number of carbonyl (C=O) groups is 1. The van der Waals surface area contributed by atoms with Gasteiger partial charge < -0.3 is 20.1 Å². The van der Waals surface area contributed by atoms with Gasteiger partial charge >= 0.3 is 5.97 Å². The molecule has 1 saturated carbocycles. The van der Waals surface area contributed by atoms with Crippen LogP contribution >= 0.6 is 0 Å². The first-order chi connectivity index (χ1) is 17.9. The van der Waals surface area contributed by atoms with E-state index in [1.54, 1.807) is 36.5 Å². The SMILES string of the molecule is CC(=O)OC[C@@]1(C)CNc2c(C#N)cc(-c3ccnc(Nc4cc(C#N)ccc4OCC4CC4)n3)cc21. The Morgan fingerprint density at radius 3 is 2.78 bits per heavy atom. The molecule has 5 rings (SSSR count). The van der Waals surface area contributed by atoms with Crippen LogP contribution in [0.4, 0.5) is 17.3 Å². The molecule has 0 unspecified atom stereocenters. The number of ether oxygens (including phenoxy) is 2. The summed E-state index contributed by atoms with van der Waals surface area (Å²) in [5, 5.41) is 25.7. The molecule has 9 heteroatoms. The zero-order valence-electron chi connectivity index (χ0n) is 20.7. The predicted octanol–water partition coefficient (Wildman–Crippen LogP) is 4.67. The van der Waals surface area contributed by atoms with E-state index in [2.05, 4.69) is 32.7 Å². The number of carbonyl (C=O) groups excluding carboxylic acids is 1. The molecule has 2 N–H and O–H groups in total. The van der Waals surface area contributed by atoms with E-state index in [0.29, 0.717) is 53.3 Å². The number of aromatic nitrogens is 2. The minimum atomic E-state index is -0.484. The van der Waals surface area contributed by atoms with Crippen molar-refractivity contribution in [3.05, 3.63) is 59.3 Å². The van der Waals surface area contributed by atoms with Crippen LogP contribution in [0.15, 0.2) is 42.6 Å². The number of esters is 1. The van der Waals surface area contributed by atoms with Crippen LogP contribution < -0.4 is 15.4 Å². The third kappa shape index (κ3) is 5.17. The first kappa shape index (κ1) is 24.1. The highest BCUT2D eigenvalue weighted by molar-refractivity contribution is 5.77. The Kier molecular flexibility index (Phi) is 6.37. The van der Waals surface area contributed by atoms with Crippen LogP contribution in [0.1, 0.15) is 43.4 Å². The Morgan fingerprint density at radius 2 is 2.05 bits per heavy atom. The summed E-state index contributed by atoms with van der Waals surface area (Å²) < 4.78 is 11.3. The van der Waals surface area contributed by atoms with Gasteiger partial charge in [-0.15, -0.1) is 0 Å². The van der Waals surface area contributed by atoms with Gasteiger partial charge in [0.1, 0.15) is 18.4 Å². The van der Waals surface area contributed by atoms with Crippen LogP contribution in [-0.2, 0) is 14.9 Å². The number of benzene rings is 2. The van der Waals surface area contributed by atoms with E-state index in [-0.39, 0.29) is 12.6 Å². The fourth-order valence-electron chi connectivity index (χ4n) is 4.33. The molecule has 9 nitrogen and oxygen atoms in total. The van der Waals surface area contributed by atoms with Gasteiger partial charge in [-0.25, -0.2) is 9.97 Å². The Hall–Kier alpha value is -4.63. The molecule has 0 spiro atoms. The zero-order chi connectivity index (χ0) is 26.0. The van der Waals surface area contributed by atoms with Crippen molar-refractivity contribution < 1.29 is 14.3 Å². The van der Waals surface area contributed by atoms with Crippen LogP contribution in [0.3, 0.4) is 0 Å². The van der Waals surface area contributed by atoms with Gasteiger partial charge in [0.2, 0.25) is 5.95 Å². The number of anilines is 3. The first-order valence-electron chi connectivity index (χ1n) is 12.1. The van der Waals surface area contributed by atoms with Gasteiger partial charge in [0.15, 0.2) is 0 Å². The number of hydrogen-bond donors (Lipinski definition) is 2. The maximum absolute atomic E-state index is 11.4. The number of fused-ring (bicyclic) bond motifs is 1. The van der Waals surface area contributed by atoms with E-state index in [1.807, 2.05) is 13.0 Å². The van der Waals surface area contributed by atoms with E-state index in [9.17, 15) is 15.3 Å². The normalized spacial score (nSPS) is 17.6. The van der Waals surface area contributed by atoms with Crippen molar-refractivity contribution in [2.75, 3.05) is 30.4 Å². The Balaban J connectivity index is 1.47. The van der Waals surface area contributed by atoms with Gasteiger partial charge in [-0.05, 0) is 60.7 Å². The van der Waals surface area contributed by atoms with Crippen molar-refractivity contribution in [2.24, 2.45) is 5.92 Å². The highest BCUT2D eigenvalue weighted by atomic mass is 16.5. The molecule has 0 bridgehead atoms. The highest BCUT2D eigenvalue weighted by Crippen LogP contribution is 2.41. The fourth-order valence-corrected chi connectivity index (χ4v) is 4.33. The second kappa shape index (κ2) is 9.79. The third-order valence-corrected chi connectivity index (χ3v) is 6.64. The number of rotatable bonds is 8. The summed E-state index contributed by atoms with van der Waals surface area (Å²) in [6.45, 7) is 4.76. The van der Waals surface area contributed by atoms with Gasteiger partial charge in [-0.3, -0.25) is 4.79 Å². The lowest BCUT2D eigenvalue weighted by Gasteiger charge is -2.24. The van der Waals surface area contributed by atoms with Crippen molar-refractivity contribution in [3.8, 4) is 29.1 Å². The minimum absolute atomic E-state index is 0.200. The zero-order valence-corrected chi connectivity index (χ0v) is 20.7. The molecule has 2 aliphatic rings. The molecule has 2 aromatic carbocycles. The molecule has 1 aromatic heterocycles. The summed E-state index contributed by atoms with van der Waals surface area (Å²) in [5.74, 6) is 1.21. The maximum Gasteiger partial charge on any atom is 0.302 e. The number of nitrogens with one attached hydrogen (secondary N) is 2. The van der Waals surface area contributed by atoms with Gasteiger partial charge in [0, 0.05) is 30.6 Å². The van der Waals surface area contributed by atoms with Crippen molar-refractivity contribution in [1.82, 2.24) is 9.97 Å². The van der Waals surface area contributed by atoms with Crippen molar-refractivity contribution in [3.63, 3.8) is 0 Å². The van der Waals surface area contributed by atoms with Crippen LogP contribution in [0.25, 0.3) is 11.3 Å². The van der Waals surface area contributed by atoms with Crippen LogP contribution in [-0.4, -0.2) is 35.7 Å². The standard InChI is InChI=1S/C28H26N6O3/c1-17(35)37-16-28(2)15-32-26-21(13-30)10-20(11-22(26)28)23-7-8-31-27(33-23)34-24-9-19(12-29)5-6-25(24)36-14-18-3-4-18/h5-11,18,32H,3-4,14-16H2,1-2H3,(H,31,33,34)/t28-/m1/s1. The van der Waals surface area contributed by atoms with Crippen molar-refractivity contribution >= 4 is 23.3 Å². The summed E-state index contributed by atoms with van der Waals surface area (Å²) in [6, 6.07) is 15.2. The molecule has 2 heterocycles. The molecule has 1 aliphatic heterocycles. The lowest BCUT2D eigenvalue weighted by Crippen LogP contribution is -2.31. The molecule has 0 amide bonds. The van der Waals surface area contributed by atoms with E-state index in [4.69, 9.17) is 9.47 Å². The quantitative estimate of drug-likeness (QED) is 0.429. The average Bonchev–Trinajstić information content (AvgIpc) is 3.68. The molecule has 186 valence electrons. The van der Waals surface area contributed by atoms with Crippen LogP contribution in [0.5, 0.6) is 5.75 Å². The number of nitriles is 2. The minimum Gasteiger partial charge on any atom is -0.491 e. The highest BCUT2D eigenvalue weighted by Gasteiger charge is 2.37. The first-order valence-corrected chi connectivity index (χ1v) is 12.1. The summed E-state index contributed by atoms with van der Waals surface area (Å²) in [7, 11) is 0. The Bertz CT molecular complexity index is 1450. The fraction of sp³-hybridized carbons (Fsp3) is 0.321. The summed E-state index contributed by atoms with van der Waals surface area (Å²) in [4.78, 5) is 20.5. The van der Waals surface area contributed by atoms with E-state index < -0.39 is 5.41 Å². The van der Waals surface area contributed by atoms with Crippen molar-refractivity contribution in [2.45, 2.75) is 32.1 Å². The molecule has 1 aliphatic carbocycles. The molecule has 3 aromatic rings. The van der Waals surface area contributed by atoms with E-state index in [0.717, 1.165) is 16.8 Å². The van der Waals surface area contributed by atoms with Crippen LogP contribution in [0, 0.1) is 28.6 Å².